The van der Waals surface area contributed by atoms with Crippen molar-refractivity contribution in [2.45, 2.75) is 12.5 Å². The molecule has 116 valence electrons. The molecular weight excluding hydrogens is 321 g/mol. The summed E-state index contributed by atoms with van der Waals surface area (Å²) in [6, 6.07) is 4.55. The van der Waals surface area contributed by atoms with E-state index in [0.717, 1.165) is 0 Å². The van der Waals surface area contributed by atoms with E-state index < -0.39 is 17.4 Å². The summed E-state index contributed by atoms with van der Waals surface area (Å²) in [7, 11) is 1.34. The van der Waals surface area contributed by atoms with Crippen LogP contribution in [0.1, 0.15) is 6.92 Å². The Kier molecular flexibility index (Phi) is 6.26. The molecule has 1 amide bonds. The summed E-state index contributed by atoms with van der Waals surface area (Å²) in [5.41, 5.74) is -1.53. The molecule has 1 unspecified atom stereocenters. The van der Waals surface area contributed by atoms with E-state index in [1.807, 2.05) is 0 Å². The second-order valence-electron chi connectivity index (χ2n) is 4.48. The van der Waals surface area contributed by atoms with Crippen LogP contribution in [0, 0.1) is 0 Å². The molecule has 0 bridgehead atoms. The average Bonchev–Trinajstić information content (AvgIpc) is 2.37. The average molecular weight is 336 g/mol. The van der Waals surface area contributed by atoms with Crippen LogP contribution in [0.15, 0.2) is 18.2 Å². The number of carboxylic acid groups (broad SMARTS) is 1. The SMILES string of the molecule is COCC(C)(NC(=O)COc1ccc(Cl)cc1Cl)C(=O)O. The molecule has 21 heavy (non-hydrogen) atoms. The molecule has 1 atom stereocenters. The number of carbonyl (C=O) groups excluding carboxylic acids is 1. The first-order valence-electron chi connectivity index (χ1n) is 5.89. The maximum atomic E-state index is 11.8. The molecule has 6 nitrogen and oxygen atoms in total. The summed E-state index contributed by atoms with van der Waals surface area (Å²) < 4.78 is 10.0. The number of halogens is 2. The number of methoxy groups -OCH3 is 1. The minimum atomic E-state index is -1.53. The molecule has 1 rings (SSSR count). The summed E-state index contributed by atoms with van der Waals surface area (Å²) in [5, 5.41) is 12.1. The number of amides is 1. The molecule has 0 heterocycles. The molecular formula is C13H15Cl2NO5. The lowest BCUT2D eigenvalue weighted by molar-refractivity contribution is -0.149. The van der Waals surface area contributed by atoms with Crippen molar-refractivity contribution < 1.29 is 24.2 Å². The van der Waals surface area contributed by atoms with Crippen molar-refractivity contribution in [1.82, 2.24) is 5.32 Å². The van der Waals surface area contributed by atoms with Gasteiger partial charge in [-0.3, -0.25) is 4.79 Å². The number of hydrogen-bond acceptors (Lipinski definition) is 4. The van der Waals surface area contributed by atoms with Gasteiger partial charge < -0.3 is 19.9 Å². The van der Waals surface area contributed by atoms with Crippen LogP contribution in [0.3, 0.4) is 0 Å². The summed E-state index contributed by atoms with van der Waals surface area (Å²) in [4.78, 5) is 22.9. The van der Waals surface area contributed by atoms with Crippen LogP contribution in [0.4, 0.5) is 0 Å². The summed E-state index contributed by atoms with van der Waals surface area (Å²) in [6.07, 6.45) is 0. The number of nitrogens with one attached hydrogen (secondary N) is 1. The molecule has 0 fully saturated rings. The summed E-state index contributed by atoms with van der Waals surface area (Å²) in [5.74, 6) is -1.54. The van der Waals surface area contributed by atoms with E-state index in [9.17, 15) is 9.59 Å². The van der Waals surface area contributed by atoms with E-state index in [-0.39, 0.29) is 24.0 Å². The van der Waals surface area contributed by atoms with Crippen molar-refractivity contribution in [3.8, 4) is 5.75 Å². The van der Waals surface area contributed by atoms with Gasteiger partial charge in [0.15, 0.2) is 12.1 Å². The number of ether oxygens (including phenoxy) is 2. The standard InChI is InChI=1S/C13H15Cl2NO5/c1-13(7-20-2,12(18)19)16-11(17)6-21-10-4-3-8(14)5-9(10)15/h3-5H,6-7H2,1-2H3,(H,16,17)(H,18,19). The fourth-order valence-electron chi connectivity index (χ4n) is 1.52. The Labute approximate surface area is 131 Å². The Hall–Kier alpha value is -1.50. The predicted octanol–water partition coefficient (Wildman–Crippen LogP) is 1.98. The first-order chi connectivity index (χ1) is 9.78. The molecule has 0 aliphatic heterocycles. The quantitative estimate of drug-likeness (QED) is 0.795. The van der Waals surface area contributed by atoms with Crippen molar-refractivity contribution in [2.75, 3.05) is 20.3 Å². The zero-order chi connectivity index (χ0) is 16.0. The highest BCUT2D eigenvalue weighted by atomic mass is 35.5. The molecule has 2 N–H and O–H groups in total. The van der Waals surface area contributed by atoms with E-state index >= 15 is 0 Å². The molecule has 0 radical (unpaired) electrons. The van der Waals surface area contributed by atoms with Crippen molar-refractivity contribution in [2.24, 2.45) is 0 Å². The Bertz CT molecular complexity index is 537. The van der Waals surface area contributed by atoms with Crippen molar-refractivity contribution in [3.63, 3.8) is 0 Å². The Morgan fingerprint density at radius 1 is 1.38 bits per heavy atom. The third-order valence-corrected chi connectivity index (χ3v) is 3.10. The summed E-state index contributed by atoms with van der Waals surface area (Å²) in [6.45, 7) is 0.787. The normalized spacial score (nSPS) is 13.3. The zero-order valence-electron chi connectivity index (χ0n) is 11.5. The van der Waals surface area contributed by atoms with E-state index in [2.05, 4.69) is 5.32 Å². The maximum Gasteiger partial charge on any atom is 0.331 e. The van der Waals surface area contributed by atoms with Crippen molar-refractivity contribution in [3.05, 3.63) is 28.2 Å². The molecule has 0 aliphatic rings. The van der Waals surface area contributed by atoms with Crippen LogP contribution in [-0.4, -0.2) is 42.8 Å². The predicted molar refractivity (Wildman–Crippen MR) is 78.0 cm³/mol. The molecule has 0 saturated carbocycles. The number of rotatable bonds is 7. The molecule has 0 aromatic heterocycles. The Balaban J connectivity index is 2.63. The van der Waals surface area contributed by atoms with Crippen LogP contribution in [0.25, 0.3) is 0 Å². The summed E-state index contributed by atoms with van der Waals surface area (Å²) >= 11 is 11.6. The third kappa shape index (κ3) is 5.08. The van der Waals surface area contributed by atoms with Crippen molar-refractivity contribution >= 4 is 35.1 Å². The highest BCUT2D eigenvalue weighted by Gasteiger charge is 2.35. The zero-order valence-corrected chi connectivity index (χ0v) is 13.0. The lowest BCUT2D eigenvalue weighted by Gasteiger charge is -2.25. The van der Waals surface area contributed by atoms with Gasteiger partial charge in [0.1, 0.15) is 5.75 Å². The van der Waals surface area contributed by atoms with Gasteiger partial charge in [0, 0.05) is 12.1 Å². The number of carboxylic acids is 1. The van der Waals surface area contributed by atoms with E-state index in [0.29, 0.717) is 5.02 Å². The minimum Gasteiger partial charge on any atom is -0.482 e. The number of benzene rings is 1. The van der Waals surface area contributed by atoms with Gasteiger partial charge in [0.2, 0.25) is 0 Å². The van der Waals surface area contributed by atoms with Gasteiger partial charge in [0.05, 0.1) is 11.6 Å². The number of carbonyl (C=O) groups is 2. The lowest BCUT2D eigenvalue weighted by Crippen LogP contribution is -2.56. The minimum absolute atomic E-state index is 0.171. The van der Waals surface area contributed by atoms with Crippen LogP contribution < -0.4 is 10.1 Å². The van der Waals surface area contributed by atoms with Crippen LogP contribution in [0.5, 0.6) is 5.75 Å². The molecule has 1 aromatic rings. The van der Waals surface area contributed by atoms with E-state index in [1.54, 1.807) is 6.07 Å². The fraction of sp³-hybridized carbons (Fsp3) is 0.385. The van der Waals surface area contributed by atoms with Gasteiger partial charge in [-0.2, -0.15) is 0 Å². The second kappa shape index (κ2) is 7.49. The molecule has 8 heteroatoms. The first-order valence-corrected chi connectivity index (χ1v) is 6.65. The van der Waals surface area contributed by atoms with Gasteiger partial charge in [-0.25, -0.2) is 4.79 Å². The monoisotopic (exact) mass is 335 g/mol. The third-order valence-electron chi connectivity index (χ3n) is 2.57. The molecule has 0 saturated heterocycles. The molecule has 1 aromatic carbocycles. The largest absolute Gasteiger partial charge is 0.482 e. The van der Waals surface area contributed by atoms with Gasteiger partial charge in [0.25, 0.3) is 5.91 Å². The maximum absolute atomic E-state index is 11.8. The van der Waals surface area contributed by atoms with Gasteiger partial charge >= 0.3 is 5.97 Å². The van der Waals surface area contributed by atoms with Gasteiger partial charge in [-0.1, -0.05) is 23.2 Å². The number of hydrogen-bond donors (Lipinski definition) is 2. The van der Waals surface area contributed by atoms with Crippen LogP contribution >= 0.6 is 23.2 Å². The topological polar surface area (TPSA) is 84.9 Å². The smallest absolute Gasteiger partial charge is 0.331 e. The second-order valence-corrected chi connectivity index (χ2v) is 5.33. The lowest BCUT2D eigenvalue weighted by atomic mass is 10.0. The Morgan fingerprint density at radius 3 is 2.57 bits per heavy atom. The number of aliphatic carboxylic acids is 1. The fourth-order valence-corrected chi connectivity index (χ4v) is 1.98. The first kappa shape index (κ1) is 17.6. The van der Waals surface area contributed by atoms with Gasteiger partial charge in [-0.05, 0) is 25.1 Å². The van der Waals surface area contributed by atoms with Crippen LogP contribution in [0.2, 0.25) is 10.0 Å². The highest BCUT2D eigenvalue weighted by Crippen LogP contribution is 2.27. The Morgan fingerprint density at radius 2 is 2.05 bits per heavy atom. The van der Waals surface area contributed by atoms with Crippen molar-refractivity contribution in [1.29, 1.82) is 0 Å². The van der Waals surface area contributed by atoms with Crippen LogP contribution in [-0.2, 0) is 14.3 Å². The highest BCUT2D eigenvalue weighted by molar-refractivity contribution is 6.35. The van der Waals surface area contributed by atoms with E-state index in [4.69, 9.17) is 37.8 Å². The van der Waals surface area contributed by atoms with E-state index in [1.165, 1.54) is 26.2 Å². The van der Waals surface area contributed by atoms with Gasteiger partial charge in [-0.15, -0.1) is 0 Å². The molecule has 0 spiro atoms. The molecule has 0 aliphatic carbocycles.